The maximum absolute atomic E-state index is 15.0. The maximum atomic E-state index is 15.0. The van der Waals surface area contributed by atoms with Crippen LogP contribution in [-0.2, 0) is 19.1 Å². The lowest BCUT2D eigenvalue weighted by Crippen LogP contribution is -2.49. The summed E-state index contributed by atoms with van der Waals surface area (Å²) in [5.41, 5.74) is -0.192. The largest absolute Gasteiger partial charge is 0.453 e. The summed E-state index contributed by atoms with van der Waals surface area (Å²) in [6.07, 6.45) is 2.62. The van der Waals surface area contributed by atoms with Crippen molar-refractivity contribution in [2.24, 2.45) is 11.8 Å². The average molecular weight is 524 g/mol. The molecule has 3 N–H and O–H groups in total. The van der Waals surface area contributed by atoms with Crippen molar-refractivity contribution in [3.63, 3.8) is 0 Å². The highest BCUT2D eigenvalue weighted by molar-refractivity contribution is 5.90. The summed E-state index contributed by atoms with van der Waals surface area (Å²) >= 11 is 0. The summed E-state index contributed by atoms with van der Waals surface area (Å²) in [4.78, 5) is 45.2. The molecule has 1 aromatic carbocycles. The van der Waals surface area contributed by atoms with Crippen LogP contribution in [0.4, 0.5) is 29.7 Å². The summed E-state index contributed by atoms with van der Waals surface area (Å²) in [6, 6.07) is 2.16. The van der Waals surface area contributed by atoms with Crippen LogP contribution in [0, 0.1) is 17.6 Å². The number of nitrogens with two attached hydrogens (primary N) is 1. The first-order chi connectivity index (χ1) is 17.8. The number of carbonyl (C=O) groups excluding carboxylic acids is 3. The van der Waals surface area contributed by atoms with E-state index in [1.165, 1.54) is 7.11 Å². The Morgan fingerprint density at radius 1 is 1.19 bits per heavy atom. The third-order valence-corrected chi connectivity index (χ3v) is 6.62. The molecule has 4 rings (SSSR count). The van der Waals surface area contributed by atoms with E-state index in [-0.39, 0.29) is 43.5 Å². The lowest BCUT2D eigenvalue weighted by Gasteiger charge is -2.36. The van der Waals surface area contributed by atoms with E-state index < -0.39 is 29.9 Å². The molecule has 11 nitrogen and oxygen atoms in total. The van der Waals surface area contributed by atoms with Gasteiger partial charge in [-0.15, -0.1) is 0 Å². The number of anilines is 2. The van der Waals surface area contributed by atoms with Crippen molar-refractivity contribution in [2.75, 3.05) is 56.2 Å². The van der Waals surface area contributed by atoms with Gasteiger partial charge in [0.25, 0.3) is 0 Å². The number of carbonyl (C=O) groups is 3. The fourth-order valence-corrected chi connectivity index (χ4v) is 4.47. The maximum Gasteiger partial charge on any atom is 0.414 e. The molecule has 2 aliphatic heterocycles. The van der Waals surface area contributed by atoms with Crippen molar-refractivity contribution < 1.29 is 37.5 Å². The molecule has 3 aliphatic rings. The number of nitrogens with one attached hydrogen (secondary N) is 1. The van der Waals surface area contributed by atoms with Crippen LogP contribution in [-0.4, -0.2) is 75.5 Å². The van der Waals surface area contributed by atoms with Gasteiger partial charge < -0.3 is 29.4 Å². The van der Waals surface area contributed by atoms with Crippen LogP contribution in [0.3, 0.4) is 0 Å². The number of hydrogen-bond donors (Lipinski definition) is 2. The number of allylic oxidation sites excluding steroid dienone is 2. The zero-order chi connectivity index (χ0) is 26.5. The normalized spacial score (nSPS) is 20.1. The standard InChI is InChI=1S/C24H31F2N5O6/c1-35-23(33)28-13-17-14-31(24(34)36-17)16-11-18(25)22(19(26)12-16)30-9-7-29(8-10-30)21(32)4-2-3-20(37-27)15-5-6-15/h3,11-12,15,17H,2,4-10,13-14,27H2,1H3,(H,28,33)/b20-3-. The fraction of sp³-hybridized carbons (Fsp3) is 0.542. The monoisotopic (exact) mass is 523 g/mol. The van der Waals surface area contributed by atoms with Crippen LogP contribution in [0.5, 0.6) is 0 Å². The van der Waals surface area contributed by atoms with Gasteiger partial charge in [0.15, 0.2) is 11.6 Å². The van der Waals surface area contributed by atoms with Gasteiger partial charge in [0.1, 0.15) is 17.6 Å². The zero-order valence-corrected chi connectivity index (χ0v) is 20.6. The molecule has 2 saturated heterocycles. The highest BCUT2D eigenvalue weighted by atomic mass is 19.1. The highest BCUT2D eigenvalue weighted by Crippen LogP contribution is 2.36. The van der Waals surface area contributed by atoms with Crippen molar-refractivity contribution in [2.45, 2.75) is 31.8 Å². The van der Waals surface area contributed by atoms with Crippen LogP contribution in [0.25, 0.3) is 0 Å². The molecule has 1 aromatic rings. The lowest BCUT2D eigenvalue weighted by molar-refractivity contribution is -0.131. The van der Waals surface area contributed by atoms with Gasteiger partial charge in [0, 0.05) is 50.7 Å². The Labute approximate surface area is 213 Å². The molecule has 3 fully saturated rings. The third kappa shape index (κ3) is 6.40. The van der Waals surface area contributed by atoms with Crippen molar-refractivity contribution in [3.8, 4) is 0 Å². The Balaban J connectivity index is 1.31. The van der Waals surface area contributed by atoms with Crippen LogP contribution < -0.4 is 21.0 Å². The van der Waals surface area contributed by atoms with Crippen molar-refractivity contribution in [1.29, 1.82) is 0 Å². The second kappa shape index (κ2) is 11.6. The smallest absolute Gasteiger partial charge is 0.414 e. The van der Waals surface area contributed by atoms with E-state index in [2.05, 4.69) is 10.1 Å². The minimum Gasteiger partial charge on any atom is -0.453 e. The molecule has 0 bridgehead atoms. The number of cyclic esters (lactones) is 1. The van der Waals surface area contributed by atoms with Gasteiger partial charge in [-0.3, -0.25) is 9.69 Å². The molecular formula is C24H31F2N5O6. The quantitative estimate of drug-likeness (QED) is 0.373. The Morgan fingerprint density at radius 2 is 1.86 bits per heavy atom. The summed E-state index contributed by atoms with van der Waals surface area (Å²) in [5.74, 6) is 4.68. The Hall–Kier alpha value is -3.61. The molecular weight excluding hydrogens is 492 g/mol. The molecule has 0 radical (unpaired) electrons. The number of hydrogen-bond acceptors (Lipinski definition) is 8. The van der Waals surface area contributed by atoms with E-state index in [9.17, 15) is 14.4 Å². The molecule has 1 unspecified atom stereocenters. The summed E-state index contributed by atoms with van der Waals surface area (Å²) in [6.45, 7) is 1.21. The number of alkyl carbamates (subject to hydrolysis) is 1. The van der Waals surface area contributed by atoms with Gasteiger partial charge in [-0.05, 0) is 25.3 Å². The average Bonchev–Trinajstić information content (AvgIpc) is 3.66. The van der Waals surface area contributed by atoms with Crippen LogP contribution in [0.15, 0.2) is 24.0 Å². The van der Waals surface area contributed by atoms with E-state index in [0.717, 1.165) is 35.6 Å². The van der Waals surface area contributed by atoms with Gasteiger partial charge in [0.05, 0.1) is 25.9 Å². The van der Waals surface area contributed by atoms with Gasteiger partial charge in [0.2, 0.25) is 5.91 Å². The fourth-order valence-electron chi connectivity index (χ4n) is 4.47. The van der Waals surface area contributed by atoms with Gasteiger partial charge in [-0.25, -0.2) is 18.4 Å². The molecule has 202 valence electrons. The second-order valence-electron chi connectivity index (χ2n) is 9.15. The number of piperazine rings is 1. The Morgan fingerprint density at radius 3 is 2.46 bits per heavy atom. The minimum atomic E-state index is -0.821. The molecule has 13 heteroatoms. The van der Waals surface area contributed by atoms with Crippen LogP contribution in [0.1, 0.15) is 25.7 Å². The number of amides is 3. The third-order valence-electron chi connectivity index (χ3n) is 6.62. The molecule has 1 saturated carbocycles. The van der Waals surface area contributed by atoms with Crippen LogP contribution >= 0.6 is 0 Å². The van der Waals surface area contributed by atoms with Gasteiger partial charge >= 0.3 is 12.2 Å². The predicted octanol–water partition coefficient (Wildman–Crippen LogP) is 2.26. The van der Waals surface area contributed by atoms with E-state index in [1.807, 2.05) is 6.08 Å². The number of benzene rings is 1. The predicted molar refractivity (Wildman–Crippen MR) is 128 cm³/mol. The van der Waals surface area contributed by atoms with E-state index >= 15 is 8.78 Å². The molecule has 0 spiro atoms. The number of halogens is 2. The summed E-state index contributed by atoms with van der Waals surface area (Å²) in [7, 11) is 1.20. The van der Waals surface area contributed by atoms with E-state index in [4.69, 9.17) is 15.5 Å². The molecule has 1 aliphatic carbocycles. The van der Waals surface area contributed by atoms with Gasteiger partial charge in [-0.1, -0.05) is 0 Å². The first-order valence-corrected chi connectivity index (χ1v) is 12.2. The minimum absolute atomic E-state index is 0.000273. The van der Waals surface area contributed by atoms with Crippen LogP contribution in [0.2, 0.25) is 0 Å². The Bertz CT molecular complexity index is 1040. The molecule has 37 heavy (non-hydrogen) atoms. The van der Waals surface area contributed by atoms with Crippen molar-refractivity contribution in [1.82, 2.24) is 10.2 Å². The molecule has 3 amide bonds. The number of methoxy groups -OCH3 is 1. The van der Waals surface area contributed by atoms with E-state index in [0.29, 0.717) is 31.8 Å². The first kappa shape index (κ1) is 26.5. The zero-order valence-electron chi connectivity index (χ0n) is 20.6. The second-order valence-corrected chi connectivity index (χ2v) is 9.15. The Kier molecular flexibility index (Phi) is 8.31. The van der Waals surface area contributed by atoms with Crippen molar-refractivity contribution in [3.05, 3.63) is 35.6 Å². The lowest BCUT2D eigenvalue weighted by atomic mass is 10.1. The van der Waals surface area contributed by atoms with Crippen molar-refractivity contribution >= 4 is 29.5 Å². The number of ether oxygens (including phenoxy) is 2. The summed E-state index contributed by atoms with van der Waals surface area (Å²) in [5, 5.41) is 2.42. The summed E-state index contributed by atoms with van der Waals surface area (Å²) < 4.78 is 39.7. The van der Waals surface area contributed by atoms with Gasteiger partial charge in [-0.2, -0.15) is 5.90 Å². The molecule has 1 atom stereocenters. The topological polar surface area (TPSA) is 127 Å². The molecule has 2 heterocycles. The number of nitrogens with zero attached hydrogens (tertiary/aromatic N) is 3. The highest BCUT2D eigenvalue weighted by Gasteiger charge is 2.34. The number of rotatable bonds is 9. The molecule has 0 aromatic heterocycles. The SMILES string of the molecule is COC(=O)NCC1CN(c2cc(F)c(N3CCN(C(=O)CC/C=C(\ON)C4CC4)CC3)c(F)c2)C(=O)O1. The van der Waals surface area contributed by atoms with E-state index in [1.54, 1.807) is 9.80 Å². The first-order valence-electron chi connectivity index (χ1n) is 12.2.